The molecular formula is C46H85N11O8. The molecule has 0 aliphatic carbocycles. The number of amides is 5. The molecule has 19 heteroatoms. The number of ketones is 3. The van der Waals surface area contributed by atoms with Crippen LogP contribution < -0.4 is 54.4 Å². The van der Waals surface area contributed by atoms with Gasteiger partial charge in [-0.05, 0) is 123 Å². The SMILES string of the molecule is CC[C@H](C)[C@@H]1NC(=O)[C@H](C(C)C)NC(C(=O)[C@H](CCCCN)NC(=O)[C@@H]2CCCN2C(=O)[C@H](C)NC)CC(C)C(=O)[C@H](C)NC(=O)[C@H](CCCCN)NC(=O)[C@H](CCCCN)NCC1=O. The minimum absolute atomic E-state index is 0.107. The molecule has 65 heavy (non-hydrogen) atoms. The van der Waals surface area contributed by atoms with Gasteiger partial charge in [-0.2, -0.15) is 0 Å². The smallest absolute Gasteiger partial charge is 0.243 e. The molecule has 0 spiro atoms. The van der Waals surface area contributed by atoms with Crippen molar-refractivity contribution in [3.05, 3.63) is 0 Å². The standard InChI is InChI=1S/C46H85N11O8/c1-9-28(4)39-37(58)26-51-33(18-11-14-22-48)42(61)55-34(19-12-15-23-49)43(62)52-30(6)40(59)29(5)25-35(53-38(27(2)3)45(64)56-39)41(60)32(17-10-13-21-47)54-44(63)36-20-16-24-57(36)46(65)31(7)50-8/h27-36,38-39,50-51,53H,9-26,47-49H2,1-8H3,(H,52,62)(H,54,63)(H,55,61)(H,56,64)/t28-,29?,30-,31-,32-,33-,34-,35?,36-,38-,39-/m0/s1. The number of Topliss-reactive ketones (excluding diaryl/α,β-unsaturated/α-hetero) is 3. The number of nitrogens with two attached hydrogens (primary N) is 3. The van der Waals surface area contributed by atoms with Crippen molar-refractivity contribution in [2.24, 2.45) is 35.0 Å². The maximum absolute atomic E-state index is 15.0. The van der Waals surface area contributed by atoms with Crippen molar-refractivity contribution in [1.29, 1.82) is 0 Å². The van der Waals surface area contributed by atoms with Crippen molar-refractivity contribution in [3.63, 3.8) is 0 Å². The summed E-state index contributed by atoms with van der Waals surface area (Å²) in [7, 11) is 1.67. The molecule has 0 bridgehead atoms. The highest BCUT2D eigenvalue weighted by molar-refractivity contribution is 5.98. The van der Waals surface area contributed by atoms with Crippen LogP contribution in [0.5, 0.6) is 0 Å². The molecule has 372 valence electrons. The van der Waals surface area contributed by atoms with Crippen LogP contribution >= 0.6 is 0 Å². The molecule has 2 aliphatic rings. The van der Waals surface area contributed by atoms with Gasteiger partial charge in [-0.25, -0.2) is 0 Å². The van der Waals surface area contributed by atoms with E-state index in [1.165, 1.54) is 4.90 Å². The van der Waals surface area contributed by atoms with Gasteiger partial charge in [0.1, 0.15) is 12.1 Å². The Bertz CT molecular complexity index is 1570. The van der Waals surface area contributed by atoms with Crippen LogP contribution in [-0.4, -0.2) is 146 Å². The zero-order valence-corrected chi connectivity index (χ0v) is 40.6. The topological polar surface area (TPSA) is 302 Å². The van der Waals surface area contributed by atoms with Crippen LogP contribution in [0.1, 0.15) is 132 Å². The summed E-state index contributed by atoms with van der Waals surface area (Å²) in [6.45, 7) is 13.5. The summed E-state index contributed by atoms with van der Waals surface area (Å²) < 4.78 is 0. The average molecular weight is 920 g/mol. The molecule has 2 heterocycles. The average Bonchev–Trinajstić information content (AvgIpc) is 3.78. The Morgan fingerprint density at radius 3 is 1.97 bits per heavy atom. The highest BCUT2D eigenvalue weighted by Gasteiger charge is 2.41. The highest BCUT2D eigenvalue weighted by Crippen LogP contribution is 2.22. The van der Waals surface area contributed by atoms with Gasteiger partial charge < -0.3 is 48.7 Å². The third-order valence-corrected chi connectivity index (χ3v) is 13.0. The predicted molar refractivity (Wildman–Crippen MR) is 251 cm³/mol. The van der Waals surface area contributed by atoms with Gasteiger partial charge in [0.2, 0.25) is 29.5 Å². The van der Waals surface area contributed by atoms with Crippen molar-refractivity contribution in [3.8, 4) is 0 Å². The van der Waals surface area contributed by atoms with E-state index in [1.807, 2.05) is 13.8 Å². The lowest BCUT2D eigenvalue weighted by atomic mass is 9.87. The zero-order valence-electron chi connectivity index (χ0n) is 40.6. The third kappa shape index (κ3) is 18.0. The fraction of sp³-hybridized carbons (Fsp3) is 0.826. The fourth-order valence-corrected chi connectivity index (χ4v) is 8.51. The molecule has 0 aromatic carbocycles. The summed E-state index contributed by atoms with van der Waals surface area (Å²) in [5.41, 5.74) is 17.4. The molecular weight excluding hydrogens is 835 g/mol. The van der Waals surface area contributed by atoms with E-state index in [9.17, 15) is 33.6 Å². The molecule has 0 aromatic rings. The van der Waals surface area contributed by atoms with Crippen LogP contribution in [0.2, 0.25) is 0 Å². The summed E-state index contributed by atoms with van der Waals surface area (Å²) in [5, 5.41) is 20.9. The molecule has 2 fully saturated rings. The van der Waals surface area contributed by atoms with E-state index in [-0.39, 0.29) is 49.2 Å². The number of nitrogens with one attached hydrogen (secondary N) is 7. The molecule has 5 amide bonds. The van der Waals surface area contributed by atoms with Crippen molar-refractivity contribution >= 4 is 46.9 Å². The predicted octanol–water partition coefficient (Wildman–Crippen LogP) is -0.334. The molecule has 2 rings (SSSR count). The first kappa shape index (κ1) is 57.2. The van der Waals surface area contributed by atoms with Crippen LogP contribution in [-0.2, 0) is 38.4 Å². The highest BCUT2D eigenvalue weighted by atomic mass is 16.2. The van der Waals surface area contributed by atoms with Crippen LogP contribution in [0.3, 0.4) is 0 Å². The number of hydrogen-bond donors (Lipinski definition) is 10. The second-order valence-electron chi connectivity index (χ2n) is 18.6. The maximum Gasteiger partial charge on any atom is 0.243 e. The summed E-state index contributed by atoms with van der Waals surface area (Å²) in [6, 6.07) is -8.46. The van der Waals surface area contributed by atoms with Gasteiger partial charge in [0.25, 0.3) is 0 Å². The van der Waals surface area contributed by atoms with Gasteiger partial charge in [-0.15, -0.1) is 0 Å². The molecule has 2 aliphatic heterocycles. The molecule has 2 unspecified atom stereocenters. The van der Waals surface area contributed by atoms with E-state index in [1.54, 1.807) is 41.7 Å². The van der Waals surface area contributed by atoms with E-state index in [2.05, 4.69) is 37.2 Å². The Balaban J connectivity index is 2.69. The number of carbonyl (C=O) groups is 8. The quantitative estimate of drug-likeness (QED) is 0.0660. The molecule has 0 saturated carbocycles. The minimum Gasteiger partial charge on any atom is -0.345 e. The number of likely N-dealkylation sites (N-methyl/N-ethyl adjacent to an activating group) is 1. The molecule has 0 radical (unpaired) electrons. The second kappa shape index (κ2) is 29.7. The largest absolute Gasteiger partial charge is 0.345 e. The van der Waals surface area contributed by atoms with Crippen LogP contribution in [0.15, 0.2) is 0 Å². The van der Waals surface area contributed by atoms with E-state index < -0.39 is 95.6 Å². The lowest BCUT2D eigenvalue weighted by Crippen LogP contribution is -2.61. The first-order chi connectivity index (χ1) is 30.9. The maximum atomic E-state index is 15.0. The van der Waals surface area contributed by atoms with Crippen LogP contribution in [0, 0.1) is 17.8 Å². The van der Waals surface area contributed by atoms with Crippen molar-refractivity contribution in [2.75, 3.05) is 39.8 Å². The summed E-state index contributed by atoms with van der Waals surface area (Å²) in [6.07, 6.45) is 5.63. The van der Waals surface area contributed by atoms with Crippen molar-refractivity contribution in [1.82, 2.24) is 42.1 Å². The van der Waals surface area contributed by atoms with E-state index >= 15 is 4.79 Å². The first-order valence-corrected chi connectivity index (χ1v) is 24.3. The van der Waals surface area contributed by atoms with Crippen LogP contribution in [0.25, 0.3) is 0 Å². The zero-order chi connectivity index (χ0) is 48.8. The van der Waals surface area contributed by atoms with Gasteiger partial charge in [-0.3, -0.25) is 49.0 Å². The van der Waals surface area contributed by atoms with Gasteiger partial charge in [-0.1, -0.05) is 47.5 Å². The van der Waals surface area contributed by atoms with Crippen LogP contribution in [0.4, 0.5) is 0 Å². The molecule has 11 atom stereocenters. The Hall–Kier alpha value is -3.88. The Labute approximate surface area is 387 Å². The molecule has 13 N–H and O–H groups in total. The number of hydrogen-bond acceptors (Lipinski definition) is 14. The van der Waals surface area contributed by atoms with Gasteiger partial charge in [0.05, 0.1) is 48.8 Å². The molecule has 2 saturated heterocycles. The Morgan fingerprint density at radius 2 is 1.38 bits per heavy atom. The van der Waals surface area contributed by atoms with Gasteiger partial charge >= 0.3 is 0 Å². The van der Waals surface area contributed by atoms with E-state index in [0.29, 0.717) is 90.4 Å². The molecule has 0 aromatic heterocycles. The number of unbranched alkanes of at least 4 members (excludes halogenated alkanes) is 3. The lowest BCUT2D eigenvalue weighted by Gasteiger charge is -2.33. The number of carbonyl (C=O) groups excluding carboxylic acids is 8. The summed E-state index contributed by atoms with van der Waals surface area (Å²) in [5.74, 6) is -5.08. The number of likely N-dealkylation sites (tertiary alicyclic amines) is 1. The number of rotatable bonds is 21. The fourth-order valence-electron chi connectivity index (χ4n) is 8.51. The third-order valence-electron chi connectivity index (χ3n) is 13.0. The van der Waals surface area contributed by atoms with E-state index in [4.69, 9.17) is 17.2 Å². The number of nitrogens with zero attached hydrogens (tertiary/aromatic N) is 1. The summed E-state index contributed by atoms with van der Waals surface area (Å²) in [4.78, 5) is 114. The van der Waals surface area contributed by atoms with Gasteiger partial charge in [0, 0.05) is 12.5 Å². The van der Waals surface area contributed by atoms with Crippen molar-refractivity contribution < 1.29 is 38.4 Å². The molecule has 19 nitrogen and oxygen atoms in total. The summed E-state index contributed by atoms with van der Waals surface area (Å²) >= 11 is 0. The minimum atomic E-state index is -1.16. The van der Waals surface area contributed by atoms with E-state index in [0.717, 1.165) is 0 Å². The monoisotopic (exact) mass is 920 g/mol. The Kier molecular flexibility index (Phi) is 26.2. The Morgan fingerprint density at radius 1 is 0.785 bits per heavy atom. The lowest BCUT2D eigenvalue weighted by molar-refractivity contribution is -0.140. The normalized spacial score (nSPS) is 27.1. The van der Waals surface area contributed by atoms with Gasteiger partial charge in [0.15, 0.2) is 17.3 Å². The first-order valence-electron chi connectivity index (χ1n) is 24.3. The second-order valence-corrected chi connectivity index (χ2v) is 18.6. The van der Waals surface area contributed by atoms with Crippen molar-refractivity contribution in [2.45, 2.75) is 186 Å².